The third-order valence-corrected chi connectivity index (χ3v) is 4.68. The summed E-state index contributed by atoms with van der Waals surface area (Å²) < 4.78 is 0. The fraction of sp³-hybridized carbons (Fsp3) is 0.933. The minimum absolute atomic E-state index is 0.154. The van der Waals surface area contributed by atoms with Crippen molar-refractivity contribution in [3.8, 4) is 0 Å². The van der Waals surface area contributed by atoms with Crippen molar-refractivity contribution < 1.29 is 4.79 Å². The molecule has 2 saturated heterocycles. The predicted octanol–water partition coefficient (Wildman–Crippen LogP) is 2.22. The van der Waals surface area contributed by atoms with Gasteiger partial charge in [0.1, 0.15) is 0 Å². The third kappa shape index (κ3) is 2.87. The van der Waals surface area contributed by atoms with Gasteiger partial charge in [-0.3, -0.25) is 4.79 Å². The van der Waals surface area contributed by atoms with Gasteiger partial charge in [-0.1, -0.05) is 13.8 Å². The largest absolute Gasteiger partial charge is 0.342 e. The summed E-state index contributed by atoms with van der Waals surface area (Å²) in [5, 5.41) is 0. The number of carbonyl (C=O) groups is 1. The Morgan fingerprint density at radius 1 is 1.00 bits per heavy atom. The van der Waals surface area contributed by atoms with E-state index in [-0.39, 0.29) is 5.92 Å². The molecule has 0 aromatic heterocycles. The zero-order valence-electron chi connectivity index (χ0n) is 12.4. The minimum atomic E-state index is 0.154. The highest BCUT2D eigenvalue weighted by Gasteiger charge is 2.36. The van der Waals surface area contributed by atoms with Gasteiger partial charge in [0.2, 0.25) is 5.91 Å². The molecule has 1 amide bonds. The van der Waals surface area contributed by atoms with Crippen molar-refractivity contribution in [1.29, 1.82) is 0 Å². The first-order chi connectivity index (χ1) is 8.49. The van der Waals surface area contributed by atoms with Gasteiger partial charge in [0.15, 0.2) is 0 Å². The second-order valence-electron chi connectivity index (χ2n) is 6.63. The molecule has 104 valence electrons. The Morgan fingerprint density at radius 3 is 2.00 bits per heavy atom. The van der Waals surface area contributed by atoms with Gasteiger partial charge in [-0.25, -0.2) is 0 Å². The Labute approximate surface area is 112 Å². The third-order valence-electron chi connectivity index (χ3n) is 4.68. The van der Waals surface area contributed by atoms with E-state index in [1.54, 1.807) is 0 Å². The Morgan fingerprint density at radius 2 is 1.56 bits per heavy atom. The van der Waals surface area contributed by atoms with Crippen LogP contribution in [0.25, 0.3) is 0 Å². The van der Waals surface area contributed by atoms with E-state index in [1.807, 2.05) is 13.8 Å². The fourth-order valence-corrected chi connectivity index (χ4v) is 3.23. The first-order valence-corrected chi connectivity index (χ1v) is 7.52. The van der Waals surface area contributed by atoms with Gasteiger partial charge in [0, 0.05) is 38.1 Å². The van der Waals surface area contributed by atoms with Crippen LogP contribution in [-0.2, 0) is 4.79 Å². The minimum Gasteiger partial charge on any atom is -0.342 e. The second-order valence-corrected chi connectivity index (χ2v) is 6.63. The molecule has 0 N–H and O–H groups in total. The second kappa shape index (κ2) is 5.60. The van der Waals surface area contributed by atoms with E-state index in [2.05, 4.69) is 23.6 Å². The summed E-state index contributed by atoms with van der Waals surface area (Å²) in [5.74, 6) is 2.24. The van der Waals surface area contributed by atoms with Gasteiger partial charge in [-0.2, -0.15) is 0 Å². The quantitative estimate of drug-likeness (QED) is 0.769. The monoisotopic (exact) mass is 252 g/mol. The zero-order valence-corrected chi connectivity index (χ0v) is 12.4. The molecule has 0 spiro atoms. The molecule has 2 aliphatic rings. The standard InChI is InChI=1S/C15H28N2O/c1-11(2)15(18)16-7-5-13(6-8-16)14-9-17(10-14)12(3)4/h11-14H,5-10H2,1-4H3. The molecule has 2 rings (SSSR count). The number of nitrogens with zero attached hydrogens (tertiary/aromatic N) is 2. The Hall–Kier alpha value is -0.570. The van der Waals surface area contributed by atoms with Crippen LogP contribution in [-0.4, -0.2) is 47.9 Å². The fourth-order valence-electron chi connectivity index (χ4n) is 3.23. The number of rotatable bonds is 3. The SMILES string of the molecule is CC(C)C(=O)N1CCC(C2CN(C(C)C)C2)CC1. The lowest BCUT2D eigenvalue weighted by Crippen LogP contribution is -2.54. The van der Waals surface area contributed by atoms with E-state index < -0.39 is 0 Å². The van der Waals surface area contributed by atoms with Crippen molar-refractivity contribution in [2.45, 2.75) is 46.6 Å². The van der Waals surface area contributed by atoms with Crippen LogP contribution in [0.4, 0.5) is 0 Å². The van der Waals surface area contributed by atoms with Crippen LogP contribution in [0.15, 0.2) is 0 Å². The highest BCUT2D eigenvalue weighted by Crippen LogP contribution is 2.32. The lowest BCUT2D eigenvalue weighted by molar-refractivity contribution is -0.136. The highest BCUT2D eigenvalue weighted by atomic mass is 16.2. The lowest BCUT2D eigenvalue weighted by Gasteiger charge is -2.48. The predicted molar refractivity (Wildman–Crippen MR) is 74.3 cm³/mol. The van der Waals surface area contributed by atoms with Crippen molar-refractivity contribution in [3.63, 3.8) is 0 Å². The summed E-state index contributed by atoms with van der Waals surface area (Å²) in [7, 11) is 0. The Kier molecular flexibility index (Phi) is 4.31. The summed E-state index contributed by atoms with van der Waals surface area (Å²) in [6, 6.07) is 0.698. The smallest absolute Gasteiger partial charge is 0.225 e. The molecule has 0 aliphatic carbocycles. The maximum Gasteiger partial charge on any atom is 0.225 e. The number of likely N-dealkylation sites (tertiary alicyclic amines) is 2. The van der Waals surface area contributed by atoms with E-state index in [0.717, 1.165) is 24.9 Å². The first kappa shape index (κ1) is 13.9. The van der Waals surface area contributed by atoms with Gasteiger partial charge in [-0.05, 0) is 38.5 Å². The van der Waals surface area contributed by atoms with Gasteiger partial charge >= 0.3 is 0 Å². The van der Waals surface area contributed by atoms with E-state index in [9.17, 15) is 4.79 Å². The van der Waals surface area contributed by atoms with Gasteiger partial charge in [-0.15, -0.1) is 0 Å². The molecule has 2 heterocycles. The Bertz CT molecular complexity index is 287. The van der Waals surface area contributed by atoms with Crippen LogP contribution in [0.2, 0.25) is 0 Å². The molecule has 0 atom stereocenters. The molecule has 0 saturated carbocycles. The lowest BCUT2D eigenvalue weighted by atomic mass is 9.79. The molecule has 0 aromatic rings. The molecule has 3 nitrogen and oxygen atoms in total. The Balaban J connectivity index is 1.73. The van der Waals surface area contributed by atoms with Crippen LogP contribution in [0.5, 0.6) is 0 Å². The molecule has 0 aromatic carbocycles. The van der Waals surface area contributed by atoms with Crippen molar-refractivity contribution in [1.82, 2.24) is 9.80 Å². The topological polar surface area (TPSA) is 23.6 Å². The summed E-state index contributed by atoms with van der Waals surface area (Å²) >= 11 is 0. The zero-order chi connectivity index (χ0) is 13.3. The molecule has 2 aliphatic heterocycles. The van der Waals surface area contributed by atoms with Crippen LogP contribution in [0.1, 0.15) is 40.5 Å². The van der Waals surface area contributed by atoms with Crippen molar-refractivity contribution in [3.05, 3.63) is 0 Å². The number of hydrogen-bond acceptors (Lipinski definition) is 2. The van der Waals surface area contributed by atoms with Gasteiger partial charge in [0.05, 0.1) is 0 Å². The number of hydrogen-bond donors (Lipinski definition) is 0. The van der Waals surface area contributed by atoms with Crippen LogP contribution < -0.4 is 0 Å². The highest BCUT2D eigenvalue weighted by molar-refractivity contribution is 5.78. The summed E-state index contributed by atoms with van der Waals surface area (Å²) in [6.45, 7) is 13.1. The molecule has 18 heavy (non-hydrogen) atoms. The van der Waals surface area contributed by atoms with Crippen molar-refractivity contribution >= 4 is 5.91 Å². The average Bonchev–Trinajstić information content (AvgIpc) is 2.26. The maximum atomic E-state index is 11.9. The van der Waals surface area contributed by atoms with Gasteiger partial charge in [0.25, 0.3) is 0 Å². The van der Waals surface area contributed by atoms with Crippen LogP contribution >= 0.6 is 0 Å². The molecule has 0 radical (unpaired) electrons. The van der Waals surface area contributed by atoms with Crippen LogP contribution in [0, 0.1) is 17.8 Å². The van der Waals surface area contributed by atoms with E-state index in [4.69, 9.17) is 0 Å². The van der Waals surface area contributed by atoms with Crippen molar-refractivity contribution in [2.24, 2.45) is 17.8 Å². The average molecular weight is 252 g/mol. The molecule has 2 fully saturated rings. The first-order valence-electron chi connectivity index (χ1n) is 7.52. The molecule has 0 unspecified atom stereocenters. The summed E-state index contributed by atoms with van der Waals surface area (Å²) in [6.07, 6.45) is 2.43. The maximum absolute atomic E-state index is 11.9. The summed E-state index contributed by atoms with van der Waals surface area (Å²) in [5.41, 5.74) is 0. The number of piperidine rings is 1. The van der Waals surface area contributed by atoms with Crippen molar-refractivity contribution in [2.75, 3.05) is 26.2 Å². The van der Waals surface area contributed by atoms with E-state index >= 15 is 0 Å². The summed E-state index contributed by atoms with van der Waals surface area (Å²) in [4.78, 5) is 16.5. The number of amides is 1. The van der Waals surface area contributed by atoms with Gasteiger partial charge < -0.3 is 9.80 Å². The normalized spacial score (nSPS) is 23.8. The van der Waals surface area contributed by atoms with E-state index in [0.29, 0.717) is 11.9 Å². The molecular weight excluding hydrogens is 224 g/mol. The van der Waals surface area contributed by atoms with Crippen LogP contribution in [0.3, 0.4) is 0 Å². The molecular formula is C15H28N2O. The number of carbonyl (C=O) groups excluding carboxylic acids is 1. The molecule has 3 heteroatoms. The molecule has 0 bridgehead atoms. The van der Waals surface area contributed by atoms with E-state index in [1.165, 1.54) is 25.9 Å².